The number of amides is 2. The number of benzene rings is 1. The number of anilines is 1. The molecule has 1 fully saturated rings. The predicted molar refractivity (Wildman–Crippen MR) is 105 cm³/mol. The van der Waals surface area contributed by atoms with Crippen LogP contribution in [0.1, 0.15) is 33.1 Å². The molecule has 1 aliphatic rings. The Morgan fingerprint density at radius 3 is 2.15 bits per heavy atom. The predicted octanol–water partition coefficient (Wildman–Crippen LogP) is 1.94. The Hall–Kier alpha value is -1.93. The first-order chi connectivity index (χ1) is 12.7. The molecule has 8 heteroatoms. The van der Waals surface area contributed by atoms with Gasteiger partial charge in [0.1, 0.15) is 0 Å². The zero-order chi connectivity index (χ0) is 20.2. The van der Waals surface area contributed by atoms with Gasteiger partial charge in [0.05, 0.1) is 10.8 Å². The lowest BCUT2D eigenvalue weighted by Gasteiger charge is -2.22. The van der Waals surface area contributed by atoms with Gasteiger partial charge < -0.3 is 9.80 Å². The summed E-state index contributed by atoms with van der Waals surface area (Å²) in [6.07, 6.45) is 1.68. The molecule has 0 aromatic heterocycles. The van der Waals surface area contributed by atoms with Crippen molar-refractivity contribution in [1.82, 2.24) is 9.21 Å². The van der Waals surface area contributed by atoms with Gasteiger partial charge in [-0.3, -0.25) is 9.59 Å². The molecule has 1 aromatic carbocycles. The van der Waals surface area contributed by atoms with Crippen LogP contribution in [0, 0.1) is 5.92 Å². The van der Waals surface area contributed by atoms with Crippen LogP contribution in [0.3, 0.4) is 0 Å². The second-order valence-corrected chi connectivity index (χ2v) is 8.97. The van der Waals surface area contributed by atoms with Crippen molar-refractivity contribution in [2.24, 2.45) is 5.92 Å². The molecule has 1 aliphatic heterocycles. The Morgan fingerprint density at radius 2 is 1.67 bits per heavy atom. The molecule has 27 heavy (non-hydrogen) atoms. The summed E-state index contributed by atoms with van der Waals surface area (Å²) in [5, 5.41) is 0. The van der Waals surface area contributed by atoms with Crippen molar-refractivity contribution in [3.05, 3.63) is 24.3 Å². The number of carbonyl (C=O) groups excluding carboxylic acids is 2. The topological polar surface area (TPSA) is 78.0 Å². The van der Waals surface area contributed by atoms with Gasteiger partial charge in [0.15, 0.2) is 0 Å². The Bertz CT molecular complexity index is 769. The molecule has 1 aromatic rings. The molecule has 150 valence electrons. The summed E-state index contributed by atoms with van der Waals surface area (Å²) >= 11 is 0. The Labute approximate surface area is 162 Å². The second kappa shape index (κ2) is 8.84. The first-order valence-corrected chi connectivity index (χ1v) is 10.8. The highest BCUT2D eigenvalue weighted by atomic mass is 32.2. The van der Waals surface area contributed by atoms with E-state index in [4.69, 9.17) is 0 Å². The molecule has 1 heterocycles. The van der Waals surface area contributed by atoms with Gasteiger partial charge >= 0.3 is 0 Å². The molecule has 0 radical (unpaired) electrons. The zero-order valence-corrected chi connectivity index (χ0v) is 17.3. The normalized spacial score (nSPS) is 17.6. The molecular formula is C19H29N3O4S. The first-order valence-electron chi connectivity index (χ1n) is 9.34. The van der Waals surface area contributed by atoms with Gasteiger partial charge in [0.2, 0.25) is 21.8 Å². The maximum atomic E-state index is 12.8. The number of nitrogens with zero attached hydrogens (tertiary/aromatic N) is 3. The largest absolute Gasteiger partial charge is 0.349 e. The fourth-order valence-corrected chi connectivity index (χ4v) is 4.91. The van der Waals surface area contributed by atoms with Crippen LogP contribution in [-0.4, -0.2) is 63.2 Å². The molecule has 1 atom stereocenters. The molecular weight excluding hydrogens is 366 g/mol. The van der Waals surface area contributed by atoms with Crippen molar-refractivity contribution in [2.45, 2.75) is 38.0 Å². The fourth-order valence-electron chi connectivity index (χ4n) is 3.29. The molecule has 0 aliphatic carbocycles. The summed E-state index contributed by atoms with van der Waals surface area (Å²) in [7, 11) is -0.197. The summed E-state index contributed by atoms with van der Waals surface area (Å²) in [6.45, 7) is 5.19. The maximum Gasteiger partial charge on any atom is 0.243 e. The molecule has 1 saturated heterocycles. The molecule has 0 unspecified atom stereocenters. The average molecular weight is 396 g/mol. The number of hydrogen-bond donors (Lipinski definition) is 0. The van der Waals surface area contributed by atoms with E-state index in [0.717, 1.165) is 12.8 Å². The van der Waals surface area contributed by atoms with Crippen LogP contribution < -0.4 is 4.90 Å². The lowest BCUT2D eigenvalue weighted by Crippen LogP contribution is -2.33. The zero-order valence-electron chi connectivity index (χ0n) is 16.5. The van der Waals surface area contributed by atoms with Crippen LogP contribution >= 0.6 is 0 Å². The van der Waals surface area contributed by atoms with E-state index in [-0.39, 0.29) is 29.0 Å². The second-order valence-electron chi connectivity index (χ2n) is 7.04. The molecule has 0 N–H and O–H groups in total. The van der Waals surface area contributed by atoms with Crippen LogP contribution in [0.5, 0.6) is 0 Å². The first kappa shape index (κ1) is 21.4. The van der Waals surface area contributed by atoms with E-state index in [0.29, 0.717) is 25.3 Å². The summed E-state index contributed by atoms with van der Waals surface area (Å²) in [6, 6.07) is 6.36. The molecule has 0 spiro atoms. The van der Waals surface area contributed by atoms with Gasteiger partial charge in [-0.15, -0.1) is 0 Å². The summed E-state index contributed by atoms with van der Waals surface area (Å²) in [5.41, 5.74) is 0.616. The smallest absolute Gasteiger partial charge is 0.243 e. The van der Waals surface area contributed by atoms with Gasteiger partial charge in [-0.1, -0.05) is 13.8 Å². The van der Waals surface area contributed by atoms with Crippen molar-refractivity contribution < 1.29 is 18.0 Å². The number of rotatable bonds is 8. The third-order valence-corrected chi connectivity index (χ3v) is 6.56. The minimum absolute atomic E-state index is 0.0696. The summed E-state index contributed by atoms with van der Waals surface area (Å²) < 4.78 is 27.1. The van der Waals surface area contributed by atoms with Crippen LogP contribution in [0.25, 0.3) is 0 Å². The maximum absolute atomic E-state index is 12.8. The van der Waals surface area contributed by atoms with E-state index >= 15 is 0 Å². The molecule has 0 bridgehead atoms. The highest BCUT2D eigenvalue weighted by Gasteiger charge is 2.36. The summed E-state index contributed by atoms with van der Waals surface area (Å²) in [4.78, 5) is 27.7. The minimum atomic E-state index is -3.55. The van der Waals surface area contributed by atoms with Crippen LogP contribution in [-0.2, 0) is 19.6 Å². The van der Waals surface area contributed by atoms with E-state index in [1.54, 1.807) is 31.1 Å². The summed E-state index contributed by atoms with van der Waals surface area (Å²) in [5.74, 6) is -0.551. The van der Waals surface area contributed by atoms with Gasteiger partial charge in [0.25, 0.3) is 0 Å². The molecule has 0 saturated carbocycles. The Balaban J connectivity index is 2.20. The fraction of sp³-hybridized carbons (Fsp3) is 0.579. The van der Waals surface area contributed by atoms with E-state index in [2.05, 4.69) is 0 Å². The monoisotopic (exact) mass is 395 g/mol. The van der Waals surface area contributed by atoms with Crippen molar-refractivity contribution >= 4 is 27.5 Å². The highest BCUT2D eigenvalue weighted by molar-refractivity contribution is 7.89. The molecule has 2 rings (SSSR count). The minimum Gasteiger partial charge on any atom is -0.349 e. The van der Waals surface area contributed by atoms with E-state index in [9.17, 15) is 18.0 Å². The Morgan fingerprint density at radius 1 is 1.11 bits per heavy atom. The van der Waals surface area contributed by atoms with E-state index in [1.807, 2.05) is 13.8 Å². The van der Waals surface area contributed by atoms with Gasteiger partial charge in [-0.25, -0.2) is 8.42 Å². The average Bonchev–Trinajstić information content (AvgIpc) is 3.02. The molecule has 2 amide bonds. The van der Waals surface area contributed by atoms with Gasteiger partial charge in [-0.2, -0.15) is 4.31 Å². The number of carbonyl (C=O) groups is 2. The van der Waals surface area contributed by atoms with Crippen molar-refractivity contribution in [2.75, 3.05) is 38.6 Å². The highest BCUT2D eigenvalue weighted by Crippen LogP contribution is 2.27. The van der Waals surface area contributed by atoms with Crippen LogP contribution in [0.2, 0.25) is 0 Å². The third kappa shape index (κ3) is 4.68. The lowest BCUT2D eigenvalue weighted by molar-refractivity contribution is -0.133. The number of hydrogen-bond acceptors (Lipinski definition) is 4. The third-order valence-electron chi connectivity index (χ3n) is 4.65. The van der Waals surface area contributed by atoms with Gasteiger partial charge in [0, 0.05) is 45.8 Å². The van der Waals surface area contributed by atoms with Crippen LogP contribution in [0.4, 0.5) is 5.69 Å². The molecule has 7 nitrogen and oxygen atoms in total. The Kier molecular flexibility index (Phi) is 7.00. The van der Waals surface area contributed by atoms with E-state index in [1.165, 1.54) is 21.3 Å². The van der Waals surface area contributed by atoms with Crippen LogP contribution in [0.15, 0.2) is 29.2 Å². The quantitative estimate of drug-likeness (QED) is 0.674. The van der Waals surface area contributed by atoms with Gasteiger partial charge in [-0.05, 0) is 37.1 Å². The lowest BCUT2D eigenvalue weighted by atomic mass is 10.1. The number of sulfonamides is 1. The standard InChI is InChI=1S/C19H29N3O4S/c1-5-11-21(12-6-2)27(25,26)17-9-7-16(8-10-17)22-14-15(13-18(22)23)19(24)20(3)4/h7-10,15H,5-6,11-14H2,1-4H3/t15-/m0/s1. The van der Waals surface area contributed by atoms with Crippen molar-refractivity contribution in [1.29, 1.82) is 0 Å². The van der Waals surface area contributed by atoms with E-state index < -0.39 is 10.0 Å². The van der Waals surface area contributed by atoms with Crippen molar-refractivity contribution in [3.8, 4) is 0 Å². The van der Waals surface area contributed by atoms with Crippen molar-refractivity contribution in [3.63, 3.8) is 0 Å². The SMILES string of the molecule is CCCN(CCC)S(=O)(=O)c1ccc(N2C[C@@H](C(=O)N(C)C)CC2=O)cc1.